The number of piperidine rings is 1. The molecule has 0 spiro atoms. The van der Waals surface area contributed by atoms with Crippen molar-refractivity contribution in [1.29, 1.82) is 0 Å². The average Bonchev–Trinajstić information content (AvgIpc) is 3.13. The van der Waals surface area contributed by atoms with Gasteiger partial charge in [-0.3, -0.25) is 9.59 Å². The fourth-order valence-electron chi connectivity index (χ4n) is 3.52. The van der Waals surface area contributed by atoms with E-state index >= 15 is 0 Å². The molecule has 8 heteroatoms. The van der Waals surface area contributed by atoms with Crippen molar-refractivity contribution in [3.63, 3.8) is 0 Å². The van der Waals surface area contributed by atoms with Crippen molar-refractivity contribution in [3.05, 3.63) is 45.7 Å². The van der Waals surface area contributed by atoms with E-state index in [2.05, 4.69) is 5.10 Å². The highest BCUT2D eigenvalue weighted by molar-refractivity contribution is 6.42. The summed E-state index contributed by atoms with van der Waals surface area (Å²) in [6, 6.07) is 5.24. The number of ether oxygens (including phenoxy) is 1. The fourth-order valence-corrected chi connectivity index (χ4v) is 3.81. The second-order valence-corrected chi connectivity index (χ2v) is 7.53. The van der Waals surface area contributed by atoms with E-state index in [0.717, 1.165) is 24.2 Å². The van der Waals surface area contributed by atoms with Gasteiger partial charge in [-0.15, -0.1) is 0 Å². The van der Waals surface area contributed by atoms with E-state index in [9.17, 15) is 9.59 Å². The summed E-state index contributed by atoms with van der Waals surface area (Å²) in [5.74, 6) is -0.618. The molecule has 150 valence electrons. The first-order valence-corrected chi connectivity index (χ1v) is 10.2. The smallest absolute Gasteiger partial charge is 0.310 e. The van der Waals surface area contributed by atoms with Gasteiger partial charge in [0.15, 0.2) is 0 Å². The summed E-state index contributed by atoms with van der Waals surface area (Å²) >= 11 is 12.1. The van der Waals surface area contributed by atoms with Crippen molar-refractivity contribution in [3.8, 4) is 5.69 Å². The lowest BCUT2D eigenvalue weighted by Crippen LogP contribution is -2.43. The van der Waals surface area contributed by atoms with E-state index in [1.165, 1.54) is 0 Å². The second-order valence-electron chi connectivity index (χ2n) is 6.71. The maximum atomic E-state index is 13.1. The Kier molecular flexibility index (Phi) is 6.62. The third kappa shape index (κ3) is 4.18. The van der Waals surface area contributed by atoms with E-state index in [0.29, 0.717) is 41.7 Å². The third-order valence-electron chi connectivity index (χ3n) is 4.91. The Morgan fingerprint density at radius 3 is 2.71 bits per heavy atom. The van der Waals surface area contributed by atoms with Crippen LogP contribution in [0.15, 0.2) is 24.4 Å². The molecule has 1 aromatic heterocycles. The van der Waals surface area contributed by atoms with Crippen LogP contribution in [0.5, 0.6) is 0 Å². The van der Waals surface area contributed by atoms with Crippen LogP contribution in [0, 0.1) is 5.92 Å². The highest BCUT2D eigenvalue weighted by atomic mass is 35.5. The molecule has 1 saturated heterocycles. The van der Waals surface area contributed by atoms with Gasteiger partial charge in [-0.05, 0) is 44.4 Å². The quantitative estimate of drug-likeness (QED) is 0.677. The summed E-state index contributed by atoms with van der Waals surface area (Å²) in [4.78, 5) is 26.9. The largest absolute Gasteiger partial charge is 0.466 e. The molecule has 1 amide bonds. The molecule has 28 heavy (non-hydrogen) atoms. The SMILES string of the molecule is CCOC(=O)C1CCCN(C(=O)c2cnn(-c3ccc(Cl)c(Cl)c3)c2CC)C1. The zero-order chi connectivity index (χ0) is 20.3. The first kappa shape index (κ1) is 20.7. The zero-order valence-electron chi connectivity index (χ0n) is 16.0. The number of nitrogens with zero attached hydrogens (tertiary/aromatic N) is 3. The molecule has 1 fully saturated rings. The molecular formula is C20H23Cl2N3O3. The monoisotopic (exact) mass is 423 g/mol. The summed E-state index contributed by atoms with van der Waals surface area (Å²) in [6.45, 7) is 5.10. The van der Waals surface area contributed by atoms with Crippen LogP contribution in [0.2, 0.25) is 10.0 Å². The Hall–Kier alpha value is -2.05. The Morgan fingerprint density at radius 2 is 2.04 bits per heavy atom. The number of halogens is 2. The highest BCUT2D eigenvalue weighted by Crippen LogP contribution is 2.27. The van der Waals surface area contributed by atoms with Gasteiger partial charge in [-0.1, -0.05) is 30.1 Å². The van der Waals surface area contributed by atoms with Crippen LogP contribution >= 0.6 is 23.2 Å². The zero-order valence-corrected chi connectivity index (χ0v) is 17.5. The molecule has 1 atom stereocenters. The number of likely N-dealkylation sites (tertiary alicyclic amines) is 1. The predicted molar refractivity (Wildman–Crippen MR) is 108 cm³/mol. The lowest BCUT2D eigenvalue weighted by Gasteiger charge is -2.31. The molecule has 2 aromatic rings. The van der Waals surface area contributed by atoms with Crippen LogP contribution in [0.1, 0.15) is 42.7 Å². The van der Waals surface area contributed by atoms with Gasteiger partial charge < -0.3 is 9.64 Å². The number of carbonyl (C=O) groups is 2. The van der Waals surface area contributed by atoms with Crippen molar-refractivity contribution in [2.24, 2.45) is 5.92 Å². The molecular weight excluding hydrogens is 401 g/mol. The molecule has 0 N–H and O–H groups in total. The van der Waals surface area contributed by atoms with Gasteiger partial charge in [0, 0.05) is 13.1 Å². The minimum absolute atomic E-state index is 0.114. The van der Waals surface area contributed by atoms with Crippen molar-refractivity contribution in [1.82, 2.24) is 14.7 Å². The summed E-state index contributed by atoms with van der Waals surface area (Å²) in [5.41, 5.74) is 2.08. The molecule has 0 radical (unpaired) electrons. The second kappa shape index (κ2) is 8.97. The maximum absolute atomic E-state index is 13.1. The third-order valence-corrected chi connectivity index (χ3v) is 5.65. The topological polar surface area (TPSA) is 64.4 Å². The lowest BCUT2D eigenvalue weighted by atomic mass is 9.97. The van der Waals surface area contributed by atoms with Crippen LogP contribution < -0.4 is 0 Å². The predicted octanol–water partition coefficient (Wildman–Crippen LogP) is 4.16. The molecule has 0 bridgehead atoms. The molecule has 6 nitrogen and oxygen atoms in total. The molecule has 1 aliphatic heterocycles. The van der Waals surface area contributed by atoms with Crippen molar-refractivity contribution in [2.75, 3.05) is 19.7 Å². The Bertz CT molecular complexity index is 882. The fraction of sp³-hybridized carbons (Fsp3) is 0.450. The van der Waals surface area contributed by atoms with Gasteiger partial charge in [0.05, 0.1) is 45.7 Å². The molecule has 0 saturated carbocycles. The number of benzene rings is 1. The van der Waals surface area contributed by atoms with Crippen molar-refractivity contribution < 1.29 is 14.3 Å². The average molecular weight is 424 g/mol. The Balaban J connectivity index is 1.85. The van der Waals surface area contributed by atoms with Gasteiger partial charge in [0.1, 0.15) is 0 Å². The molecule has 2 heterocycles. The van der Waals surface area contributed by atoms with E-state index in [1.54, 1.807) is 34.8 Å². The van der Waals surface area contributed by atoms with Crippen LogP contribution in [0.4, 0.5) is 0 Å². The normalized spacial score (nSPS) is 16.9. The first-order chi connectivity index (χ1) is 13.5. The van der Waals surface area contributed by atoms with Crippen molar-refractivity contribution in [2.45, 2.75) is 33.1 Å². The van der Waals surface area contributed by atoms with Crippen LogP contribution in [-0.4, -0.2) is 46.3 Å². The van der Waals surface area contributed by atoms with E-state index in [-0.39, 0.29) is 17.8 Å². The van der Waals surface area contributed by atoms with Crippen LogP contribution in [-0.2, 0) is 16.0 Å². The Morgan fingerprint density at radius 1 is 1.25 bits per heavy atom. The van der Waals surface area contributed by atoms with Gasteiger partial charge in [-0.2, -0.15) is 5.10 Å². The van der Waals surface area contributed by atoms with Gasteiger partial charge in [-0.25, -0.2) is 4.68 Å². The van der Waals surface area contributed by atoms with Crippen LogP contribution in [0.3, 0.4) is 0 Å². The lowest BCUT2D eigenvalue weighted by molar-refractivity contribution is -0.149. The standard InChI is InChI=1S/C20H23Cl2N3O3/c1-3-18-15(11-23-25(18)14-7-8-16(21)17(22)10-14)19(26)24-9-5-6-13(12-24)20(27)28-4-2/h7-8,10-11,13H,3-6,9,12H2,1-2H3. The number of amides is 1. The first-order valence-electron chi connectivity index (χ1n) is 9.44. The van der Waals surface area contributed by atoms with E-state index in [4.69, 9.17) is 27.9 Å². The van der Waals surface area contributed by atoms with Crippen molar-refractivity contribution >= 4 is 35.1 Å². The minimum Gasteiger partial charge on any atom is -0.466 e. The number of esters is 1. The molecule has 1 aromatic carbocycles. The number of hydrogen-bond acceptors (Lipinski definition) is 4. The van der Waals surface area contributed by atoms with E-state index in [1.807, 2.05) is 13.0 Å². The number of aromatic nitrogens is 2. The number of carbonyl (C=O) groups excluding carboxylic acids is 2. The minimum atomic E-state index is -0.271. The summed E-state index contributed by atoms with van der Waals surface area (Å²) in [5, 5.41) is 5.30. The summed E-state index contributed by atoms with van der Waals surface area (Å²) in [6.07, 6.45) is 3.72. The number of hydrogen-bond donors (Lipinski definition) is 0. The van der Waals surface area contributed by atoms with E-state index < -0.39 is 0 Å². The highest BCUT2D eigenvalue weighted by Gasteiger charge is 2.31. The Labute approximate surface area is 174 Å². The maximum Gasteiger partial charge on any atom is 0.310 e. The molecule has 3 rings (SSSR count). The van der Waals surface area contributed by atoms with Crippen LogP contribution in [0.25, 0.3) is 5.69 Å². The molecule has 1 aliphatic rings. The summed E-state index contributed by atoms with van der Waals surface area (Å²) in [7, 11) is 0. The summed E-state index contributed by atoms with van der Waals surface area (Å²) < 4.78 is 6.84. The number of rotatable bonds is 5. The molecule has 0 aliphatic carbocycles. The van der Waals surface area contributed by atoms with Gasteiger partial charge in [0.25, 0.3) is 5.91 Å². The van der Waals surface area contributed by atoms with Gasteiger partial charge >= 0.3 is 5.97 Å². The van der Waals surface area contributed by atoms with Gasteiger partial charge in [0.2, 0.25) is 0 Å². The molecule has 1 unspecified atom stereocenters.